The Morgan fingerprint density at radius 3 is 2.69 bits per heavy atom. The van der Waals surface area contributed by atoms with Gasteiger partial charge in [-0.2, -0.15) is 0 Å². The average Bonchev–Trinajstić information content (AvgIpc) is 3.61. The van der Waals surface area contributed by atoms with Gasteiger partial charge >= 0.3 is 6.09 Å². The molecule has 2 aromatic heterocycles. The molecule has 0 bridgehead atoms. The van der Waals surface area contributed by atoms with Crippen LogP contribution in [0.15, 0.2) is 36.0 Å². The van der Waals surface area contributed by atoms with Crippen molar-refractivity contribution in [2.75, 3.05) is 19.7 Å². The van der Waals surface area contributed by atoms with Gasteiger partial charge in [0.15, 0.2) is 0 Å². The number of hydrogen-bond donors (Lipinski definition) is 0. The molecule has 0 saturated carbocycles. The highest BCUT2D eigenvalue weighted by molar-refractivity contribution is 7.09. The first-order valence-electron chi connectivity index (χ1n) is 12.5. The van der Waals surface area contributed by atoms with Crippen molar-refractivity contribution < 1.29 is 14.3 Å². The molecule has 1 unspecified atom stereocenters. The van der Waals surface area contributed by atoms with Crippen molar-refractivity contribution in [3.8, 4) is 11.4 Å². The van der Waals surface area contributed by atoms with E-state index >= 15 is 0 Å². The molecule has 1 aliphatic rings. The van der Waals surface area contributed by atoms with Crippen LogP contribution in [0.2, 0.25) is 0 Å². The Bertz CT molecular complexity index is 1030. The van der Waals surface area contributed by atoms with E-state index in [1.807, 2.05) is 29.2 Å². The van der Waals surface area contributed by atoms with Crippen LogP contribution in [0.25, 0.3) is 5.69 Å². The van der Waals surface area contributed by atoms with Gasteiger partial charge < -0.3 is 14.4 Å². The van der Waals surface area contributed by atoms with Crippen LogP contribution in [-0.2, 0) is 11.3 Å². The molecule has 0 spiro atoms. The van der Waals surface area contributed by atoms with Crippen LogP contribution < -0.4 is 4.74 Å². The minimum absolute atomic E-state index is 0.169. The van der Waals surface area contributed by atoms with E-state index < -0.39 is 0 Å². The van der Waals surface area contributed by atoms with Crippen molar-refractivity contribution in [1.82, 2.24) is 30.1 Å². The number of unbranched alkanes of at least 4 members (excludes halogenated alkanes) is 1. The fourth-order valence-electron chi connectivity index (χ4n) is 4.20. The van der Waals surface area contributed by atoms with Crippen molar-refractivity contribution in [3.63, 3.8) is 0 Å². The van der Waals surface area contributed by atoms with Crippen LogP contribution in [0.3, 0.4) is 0 Å². The summed E-state index contributed by atoms with van der Waals surface area (Å²) in [5.74, 6) is 1.61. The fraction of sp³-hybridized carbons (Fsp3) is 0.560. The number of aromatic nitrogens is 5. The lowest BCUT2D eigenvalue weighted by molar-refractivity contribution is 0.0769. The second kappa shape index (κ2) is 12.6. The van der Waals surface area contributed by atoms with E-state index in [0.29, 0.717) is 38.1 Å². The monoisotopic (exact) mass is 498 g/mol. The van der Waals surface area contributed by atoms with Crippen LogP contribution in [0, 0.1) is 5.92 Å². The number of benzene rings is 1. The number of hydrogen-bond acceptors (Lipinski definition) is 8. The maximum Gasteiger partial charge on any atom is 0.409 e. The van der Waals surface area contributed by atoms with Gasteiger partial charge in [0.05, 0.1) is 23.0 Å². The van der Waals surface area contributed by atoms with Crippen LogP contribution in [0.4, 0.5) is 4.79 Å². The number of tetrazole rings is 1. The number of ether oxygens (including phenoxy) is 2. The third-order valence-electron chi connectivity index (χ3n) is 6.49. The number of amides is 1. The van der Waals surface area contributed by atoms with Crippen LogP contribution in [0.5, 0.6) is 5.75 Å². The van der Waals surface area contributed by atoms with E-state index in [2.05, 4.69) is 34.8 Å². The predicted molar refractivity (Wildman–Crippen MR) is 134 cm³/mol. The van der Waals surface area contributed by atoms with Gasteiger partial charge in [-0.05, 0) is 59.9 Å². The van der Waals surface area contributed by atoms with Gasteiger partial charge in [-0.1, -0.05) is 33.1 Å². The first-order chi connectivity index (χ1) is 17.2. The topological polar surface area (TPSA) is 95.3 Å². The second-order valence-corrected chi connectivity index (χ2v) is 9.86. The standard InChI is InChI=1S/C25H34N6O3S/c1-3-5-6-19(4-2)15-34-25(32)30-13-11-20(12-14-30)24-27-21(17-35-24)16-33-23-9-7-22(8-10-23)31-18-26-28-29-31/h7-10,17-20H,3-6,11-16H2,1-2H3. The molecule has 3 heterocycles. The Morgan fingerprint density at radius 1 is 1.20 bits per heavy atom. The molecule has 1 saturated heterocycles. The number of thiazole rings is 1. The van der Waals surface area contributed by atoms with E-state index in [1.54, 1.807) is 22.3 Å². The maximum atomic E-state index is 12.5. The van der Waals surface area contributed by atoms with Gasteiger partial charge in [0.1, 0.15) is 18.7 Å². The van der Waals surface area contributed by atoms with Crippen molar-refractivity contribution in [2.24, 2.45) is 5.92 Å². The number of likely N-dealkylation sites (tertiary alicyclic amines) is 1. The minimum Gasteiger partial charge on any atom is -0.487 e. The first kappa shape index (κ1) is 25.1. The molecule has 4 rings (SSSR count). The van der Waals surface area contributed by atoms with E-state index in [4.69, 9.17) is 14.5 Å². The van der Waals surface area contributed by atoms with E-state index in [0.717, 1.165) is 47.8 Å². The van der Waals surface area contributed by atoms with Gasteiger partial charge in [0.25, 0.3) is 0 Å². The zero-order chi connectivity index (χ0) is 24.5. The van der Waals surface area contributed by atoms with Crippen molar-refractivity contribution >= 4 is 17.4 Å². The van der Waals surface area contributed by atoms with Crippen LogP contribution in [-0.4, -0.2) is 55.9 Å². The molecule has 0 N–H and O–H groups in total. The summed E-state index contributed by atoms with van der Waals surface area (Å²) in [6, 6.07) is 7.60. The SMILES string of the molecule is CCCCC(CC)COC(=O)N1CCC(c2nc(COc3ccc(-n4cnnn4)cc3)cs2)CC1. The van der Waals surface area contributed by atoms with Gasteiger partial charge in [-0.3, -0.25) is 0 Å². The van der Waals surface area contributed by atoms with Crippen LogP contribution >= 0.6 is 11.3 Å². The summed E-state index contributed by atoms with van der Waals surface area (Å²) >= 11 is 1.67. The Balaban J connectivity index is 1.20. The molecule has 1 amide bonds. The zero-order valence-corrected chi connectivity index (χ0v) is 21.3. The molecule has 1 atom stereocenters. The average molecular weight is 499 g/mol. The summed E-state index contributed by atoms with van der Waals surface area (Å²) < 4.78 is 13.1. The summed E-state index contributed by atoms with van der Waals surface area (Å²) in [6.45, 7) is 6.75. The molecular formula is C25H34N6O3S. The number of carbonyl (C=O) groups is 1. The first-order valence-corrected chi connectivity index (χ1v) is 13.4. The lowest BCUT2D eigenvalue weighted by Crippen LogP contribution is -2.38. The van der Waals surface area contributed by atoms with E-state index in [9.17, 15) is 4.79 Å². The Morgan fingerprint density at radius 2 is 2.00 bits per heavy atom. The molecule has 9 nitrogen and oxygen atoms in total. The van der Waals surface area contributed by atoms with Gasteiger partial charge in [-0.15, -0.1) is 16.4 Å². The molecule has 1 aliphatic heterocycles. The third kappa shape index (κ3) is 7.00. The molecule has 1 fully saturated rings. The predicted octanol–water partition coefficient (Wildman–Crippen LogP) is 5.23. The lowest BCUT2D eigenvalue weighted by atomic mass is 9.98. The smallest absolute Gasteiger partial charge is 0.409 e. The lowest BCUT2D eigenvalue weighted by Gasteiger charge is -2.30. The third-order valence-corrected chi connectivity index (χ3v) is 7.55. The number of piperidine rings is 1. The Hall–Kier alpha value is -3.01. The summed E-state index contributed by atoms with van der Waals surface area (Å²) in [7, 11) is 0. The molecule has 188 valence electrons. The molecular weight excluding hydrogens is 464 g/mol. The Kier molecular flexibility index (Phi) is 9.05. The summed E-state index contributed by atoms with van der Waals surface area (Å²) in [4.78, 5) is 19.2. The van der Waals surface area contributed by atoms with Crippen molar-refractivity contribution in [2.45, 2.75) is 64.9 Å². The summed E-state index contributed by atoms with van der Waals surface area (Å²) in [6.07, 6.45) is 7.76. The summed E-state index contributed by atoms with van der Waals surface area (Å²) in [5, 5.41) is 14.4. The number of carbonyl (C=O) groups excluding carboxylic acids is 1. The minimum atomic E-state index is -0.169. The molecule has 3 aromatic rings. The van der Waals surface area contributed by atoms with E-state index in [-0.39, 0.29) is 6.09 Å². The molecule has 35 heavy (non-hydrogen) atoms. The number of nitrogens with zero attached hydrogens (tertiary/aromatic N) is 6. The van der Waals surface area contributed by atoms with Crippen molar-refractivity contribution in [3.05, 3.63) is 46.7 Å². The molecule has 1 aromatic carbocycles. The quantitative estimate of drug-likeness (QED) is 0.357. The number of rotatable bonds is 11. The van der Waals surface area contributed by atoms with E-state index in [1.165, 1.54) is 12.8 Å². The molecule has 10 heteroatoms. The maximum absolute atomic E-state index is 12.5. The Labute approximate surface area is 210 Å². The molecule has 0 radical (unpaired) electrons. The highest BCUT2D eigenvalue weighted by Gasteiger charge is 2.27. The van der Waals surface area contributed by atoms with Crippen molar-refractivity contribution in [1.29, 1.82) is 0 Å². The summed E-state index contributed by atoms with van der Waals surface area (Å²) in [5.41, 5.74) is 1.80. The van der Waals surface area contributed by atoms with Gasteiger partial charge in [0.2, 0.25) is 0 Å². The van der Waals surface area contributed by atoms with Gasteiger partial charge in [-0.25, -0.2) is 14.5 Å². The van der Waals surface area contributed by atoms with Crippen LogP contribution in [0.1, 0.15) is 69.0 Å². The highest BCUT2D eigenvalue weighted by Crippen LogP contribution is 2.31. The zero-order valence-electron chi connectivity index (χ0n) is 20.5. The van der Waals surface area contributed by atoms with Gasteiger partial charge in [0, 0.05) is 24.4 Å². The molecule has 0 aliphatic carbocycles. The largest absolute Gasteiger partial charge is 0.487 e. The normalized spacial score (nSPS) is 15.2. The fourth-order valence-corrected chi connectivity index (χ4v) is 5.17. The highest BCUT2D eigenvalue weighted by atomic mass is 32.1. The second-order valence-electron chi connectivity index (χ2n) is 8.97.